The fourth-order valence-corrected chi connectivity index (χ4v) is 4.49. The Hall–Kier alpha value is -1.07. The second-order valence-corrected chi connectivity index (χ2v) is 8.42. The summed E-state index contributed by atoms with van der Waals surface area (Å²) in [5.74, 6) is 0.122. The molecule has 0 unspecified atom stereocenters. The zero-order chi connectivity index (χ0) is 15.6. The number of nitrogens with zero attached hydrogens (tertiary/aromatic N) is 1. The van der Waals surface area contributed by atoms with Gasteiger partial charge in [0.15, 0.2) is 0 Å². The van der Waals surface area contributed by atoms with Gasteiger partial charge in [-0.25, -0.2) is 8.42 Å². The molecule has 4 nitrogen and oxygen atoms in total. The number of nitrogens with two attached hydrogens (primary N) is 1. The van der Waals surface area contributed by atoms with Gasteiger partial charge in [-0.15, -0.1) is 0 Å². The Balaban J connectivity index is 3.17. The van der Waals surface area contributed by atoms with E-state index in [1.807, 2.05) is 58.9 Å². The third-order valence-corrected chi connectivity index (χ3v) is 5.27. The van der Waals surface area contributed by atoms with Crippen LogP contribution in [0.5, 0.6) is 0 Å². The minimum absolute atomic E-state index is 0.119. The first-order chi connectivity index (χ1) is 9.07. The second kappa shape index (κ2) is 6.14. The molecular formula is C15H26N2O2S. The summed E-state index contributed by atoms with van der Waals surface area (Å²) in [4.78, 5) is 0. The zero-order valence-corrected chi connectivity index (χ0v) is 13.9. The van der Waals surface area contributed by atoms with E-state index in [9.17, 15) is 8.42 Å². The van der Waals surface area contributed by atoms with Crippen molar-refractivity contribution in [2.45, 2.75) is 47.2 Å². The molecule has 0 aliphatic heterocycles. The SMILES string of the molecule is CC(C)N(c1ccc(CN)cc1)S(=O)(=O)CC(C)(C)C. The molecule has 2 N–H and O–H groups in total. The number of sulfonamides is 1. The highest BCUT2D eigenvalue weighted by Crippen LogP contribution is 2.26. The van der Waals surface area contributed by atoms with Crippen LogP contribution in [0, 0.1) is 5.41 Å². The number of rotatable bonds is 5. The predicted molar refractivity (Wildman–Crippen MR) is 85.2 cm³/mol. The van der Waals surface area contributed by atoms with Crippen LogP contribution in [0.25, 0.3) is 0 Å². The summed E-state index contributed by atoms with van der Waals surface area (Å²) >= 11 is 0. The summed E-state index contributed by atoms with van der Waals surface area (Å²) in [6.45, 7) is 10.0. The molecule has 0 saturated carbocycles. The minimum atomic E-state index is -3.35. The van der Waals surface area contributed by atoms with Gasteiger partial charge in [0, 0.05) is 12.6 Å². The Morgan fingerprint density at radius 3 is 2.00 bits per heavy atom. The molecular weight excluding hydrogens is 272 g/mol. The van der Waals surface area contributed by atoms with Crippen molar-refractivity contribution < 1.29 is 8.42 Å². The van der Waals surface area contributed by atoms with Gasteiger partial charge in [-0.05, 0) is 37.0 Å². The average Bonchev–Trinajstić information content (AvgIpc) is 2.25. The average molecular weight is 298 g/mol. The van der Waals surface area contributed by atoms with E-state index in [-0.39, 0.29) is 17.2 Å². The highest BCUT2D eigenvalue weighted by atomic mass is 32.2. The van der Waals surface area contributed by atoms with E-state index < -0.39 is 10.0 Å². The third-order valence-electron chi connectivity index (χ3n) is 2.81. The Morgan fingerprint density at radius 1 is 1.15 bits per heavy atom. The van der Waals surface area contributed by atoms with Crippen LogP contribution >= 0.6 is 0 Å². The number of hydrogen-bond donors (Lipinski definition) is 1. The van der Waals surface area contributed by atoms with Crippen molar-refractivity contribution >= 4 is 15.7 Å². The van der Waals surface area contributed by atoms with Crippen LogP contribution in [0.15, 0.2) is 24.3 Å². The van der Waals surface area contributed by atoms with Crippen molar-refractivity contribution in [3.05, 3.63) is 29.8 Å². The zero-order valence-electron chi connectivity index (χ0n) is 13.1. The number of anilines is 1. The van der Waals surface area contributed by atoms with Crippen LogP contribution in [-0.2, 0) is 16.6 Å². The maximum absolute atomic E-state index is 12.6. The van der Waals surface area contributed by atoms with Gasteiger partial charge in [0.25, 0.3) is 0 Å². The van der Waals surface area contributed by atoms with Gasteiger partial charge in [0.05, 0.1) is 11.4 Å². The van der Waals surface area contributed by atoms with Crippen LogP contribution in [0.2, 0.25) is 0 Å². The smallest absolute Gasteiger partial charge is 0.235 e. The van der Waals surface area contributed by atoms with Crippen molar-refractivity contribution in [3.63, 3.8) is 0 Å². The largest absolute Gasteiger partial charge is 0.326 e. The summed E-state index contributed by atoms with van der Waals surface area (Å²) in [6.07, 6.45) is 0. The third kappa shape index (κ3) is 4.49. The minimum Gasteiger partial charge on any atom is -0.326 e. The first kappa shape index (κ1) is 17.0. The lowest BCUT2D eigenvalue weighted by atomic mass is 10.0. The van der Waals surface area contributed by atoms with E-state index in [0.29, 0.717) is 12.2 Å². The van der Waals surface area contributed by atoms with Crippen LogP contribution in [0.4, 0.5) is 5.69 Å². The molecule has 114 valence electrons. The van der Waals surface area contributed by atoms with Crippen LogP contribution in [0.1, 0.15) is 40.2 Å². The maximum atomic E-state index is 12.6. The van der Waals surface area contributed by atoms with Gasteiger partial charge in [0.2, 0.25) is 10.0 Å². The Kier molecular flexibility index (Phi) is 5.21. The van der Waals surface area contributed by atoms with Crippen molar-refractivity contribution in [3.8, 4) is 0 Å². The normalized spacial score (nSPS) is 12.8. The second-order valence-electron chi connectivity index (χ2n) is 6.58. The first-order valence-corrected chi connectivity index (χ1v) is 8.49. The summed E-state index contributed by atoms with van der Waals surface area (Å²) in [6, 6.07) is 7.27. The molecule has 1 aromatic carbocycles. The summed E-state index contributed by atoms with van der Waals surface area (Å²) in [7, 11) is -3.35. The lowest BCUT2D eigenvalue weighted by molar-refractivity contribution is 0.459. The molecule has 0 heterocycles. The van der Waals surface area contributed by atoms with Crippen molar-refractivity contribution in [2.75, 3.05) is 10.1 Å². The summed E-state index contributed by atoms with van der Waals surface area (Å²) in [5, 5.41) is 0. The topological polar surface area (TPSA) is 63.4 Å². The van der Waals surface area contributed by atoms with Gasteiger partial charge in [0.1, 0.15) is 0 Å². The van der Waals surface area contributed by atoms with Gasteiger partial charge in [-0.3, -0.25) is 4.31 Å². The fraction of sp³-hybridized carbons (Fsp3) is 0.600. The highest BCUT2D eigenvalue weighted by Gasteiger charge is 2.30. The molecule has 1 aromatic rings. The molecule has 0 spiro atoms. The van der Waals surface area contributed by atoms with Crippen LogP contribution < -0.4 is 10.0 Å². The molecule has 0 aliphatic rings. The van der Waals surface area contributed by atoms with Gasteiger partial charge in [-0.2, -0.15) is 0 Å². The van der Waals surface area contributed by atoms with Crippen molar-refractivity contribution in [1.82, 2.24) is 0 Å². The fourth-order valence-electron chi connectivity index (χ4n) is 2.18. The molecule has 1 rings (SSSR count). The van der Waals surface area contributed by atoms with E-state index in [0.717, 1.165) is 5.56 Å². The standard InChI is InChI=1S/C15H26N2O2S/c1-12(2)17(20(18,19)11-15(3,4)5)14-8-6-13(10-16)7-9-14/h6-9,12H,10-11,16H2,1-5H3. The molecule has 0 fully saturated rings. The Labute approximate surface area is 123 Å². The molecule has 20 heavy (non-hydrogen) atoms. The van der Waals surface area contributed by atoms with E-state index in [1.165, 1.54) is 4.31 Å². The van der Waals surface area contributed by atoms with E-state index >= 15 is 0 Å². The summed E-state index contributed by atoms with van der Waals surface area (Å²) in [5.41, 5.74) is 6.99. The Bertz CT molecular complexity index is 528. The van der Waals surface area contributed by atoms with Crippen molar-refractivity contribution in [1.29, 1.82) is 0 Å². The Morgan fingerprint density at radius 2 is 1.65 bits per heavy atom. The molecule has 0 amide bonds. The number of hydrogen-bond acceptors (Lipinski definition) is 3. The number of benzene rings is 1. The molecule has 0 bridgehead atoms. The van der Waals surface area contributed by atoms with Gasteiger partial charge < -0.3 is 5.73 Å². The van der Waals surface area contributed by atoms with Gasteiger partial charge in [-0.1, -0.05) is 32.9 Å². The summed E-state index contributed by atoms with van der Waals surface area (Å²) < 4.78 is 26.8. The van der Waals surface area contributed by atoms with Gasteiger partial charge >= 0.3 is 0 Å². The lowest BCUT2D eigenvalue weighted by Crippen LogP contribution is -2.41. The molecule has 0 aliphatic carbocycles. The molecule has 0 aromatic heterocycles. The van der Waals surface area contributed by atoms with Crippen LogP contribution in [-0.4, -0.2) is 20.2 Å². The maximum Gasteiger partial charge on any atom is 0.235 e. The highest BCUT2D eigenvalue weighted by molar-refractivity contribution is 7.92. The quantitative estimate of drug-likeness (QED) is 0.909. The molecule has 0 radical (unpaired) electrons. The monoisotopic (exact) mass is 298 g/mol. The molecule has 0 saturated heterocycles. The first-order valence-electron chi connectivity index (χ1n) is 6.88. The lowest BCUT2D eigenvalue weighted by Gasteiger charge is -2.31. The van der Waals surface area contributed by atoms with E-state index in [2.05, 4.69) is 0 Å². The molecule has 5 heteroatoms. The van der Waals surface area contributed by atoms with E-state index in [4.69, 9.17) is 5.73 Å². The molecule has 0 atom stereocenters. The predicted octanol–water partition coefficient (Wildman–Crippen LogP) is 2.74. The van der Waals surface area contributed by atoms with Crippen molar-refractivity contribution in [2.24, 2.45) is 11.1 Å². The van der Waals surface area contributed by atoms with E-state index in [1.54, 1.807) is 0 Å². The van der Waals surface area contributed by atoms with Crippen LogP contribution in [0.3, 0.4) is 0 Å².